The second-order valence-electron chi connectivity index (χ2n) is 3.41. The van der Waals surface area contributed by atoms with Crippen molar-refractivity contribution in [3.8, 4) is 0 Å². The fourth-order valence-corrected chi connectivity index (χ4v) is 1.09. The Kier molecular flexibility index (Phi) is 8.20. The molecule has 0 fully saturated rings. The molecule has 20 heavy (non-hydrogen) atoms. The van der Waals surface area contributed by atoms with Gasteiger partial charge in [-0.2, -0.15) is 0 Å². The lowest BCUT2D eigenvalue weighted by molar-refractivity contribution is 0.447. The summed E-state index contributed by atoms with van der Waals surface area (Å²) in [5.74, 6) is -5.27. The number of hydrogen-bond acceptors (Lipinski definition) is 0. The topological polar surface area (TPSA) is 0 Å². The van der Waals surface area contributed by atoms with Gasteiger partial charge in [0.25, 0.3) is 0 Å². The van der Waals surface area contributed by atoms with Gasteiger partial charge >= 0.3 is 0 Å². The first kappa shape index (κ1) is 18.1. The van der Waals surface area contributed by atoms with Gasteiger partial charge in [0.15, 0.2) is 29.1 Å². The first-order chi connectivity index (χ1) is 9.43. The van der Waals surface area contributed by atoms with Gasteiger partial charge in [0, 0.05) is 0 Å². The molecular weight excluding hydrogens is 275 g/mol. The molecule has 110 valence electrons. The van der Waals surface area contributed by atoms with Crippen LogP contribution in [0.4, 0.5) is 22.0 Å². The summed E-state index contributed by atoms with van der Waals surface area (Å²) in [4.78, 5) is 0. The van der Waals surface area contributed by atoms with E-state index < -0.39 is 29.1 Å². The van der Waals surface area contributed by atoms with Gasteiger partial charge in [-0.3, -0.25) is 0 Å². The molecule has 0 amide bonds. The first-order valence-corrected chi connectivity index (χ1v) is 5.93. The Hall–Kier alpha value is -1.91. The first-order valence-electron chi connectivity index (χ1n) is 5.93. The maximum atomic E-state index is 12.4. The zero-order valence-corrected chi connectivity index (χ0v) is 11.4. The molecule has 0 heterocycles. The molecule has 0 nitrogen and oxygen atoms in total. The van der Waals surface area contributed by atoms with Crippen LogP contribution < -0.4 is 0 Å². The van der Waals surface area contributed by atoms with E-state index in [9.17, 15) is 22.0 Å². The molecule has 0 bridgehead atoms. The highest BCUT2D eigenvalue weighted by molar-refractivity contribution is 5.16. The number of halogens is 5. The second-order valence-corrected chi connectivity index (χ2v) is 3.41. The zero-order valence-electron chi connectivity index (χ0n) is 11.4. The SMILES string of the molecule is CC.Cc1cccc(F)c1F.Fc1cccc(F)c1F. The van der Waals surface area contributed by atoms with E-state index >= 15 is 0 Å². The normalized spacial score (nSPS) is 9.00. The third kappa shape index (κ3) is 5.38. The van der Waals surface area contributed by atoms with Crippen molar-refractivity contribution in [2.24, 2.45) is 0 Å². The van der Waals surface area contributed by atoms with Crippen LogP contribution in [-0.4, -0.2) is 0 Å². The van der Waals surface area contributed by atoms with Crippen LogP contribution in [0.5, 0.6) is 0 Å². The number of benzene rings is 2. The molecule has 2 rings (SSSR count). The Labute approximate surface area is 114 Å². The van der Waals surface area contributed by atoms with Gasteiger partial charge in [-0.05, 0) is 30.7 Å². The van der Waals surface area contributed by atoms with E-state index in [4.69, 9.17) is 0 Å². The average molecular weight is 290 g/mol. The van der Waals surface area contributed by atoms with Crippen LogP contribution in [0.1, 0.15) is 19.4 Å². The van der Waals surface area contributed by atoms with Crippen molar-refractivity contribution in [1.82, 2.24) is 0 Å². The highest BCUT2D eigenvalue weighted by atomic mass is 19.2. The molecule has 0 atom stereocenters. The lowest BCUT2D eigenvalue weighted by Gasteiger charge is -1.93. The van der Waals surface area contributed by atoms with Gasteiger partial charge in [-0.1, -0.05) is 32.0 Å². The minimum atomic E-state index is -1.42. The molecule has 0 aliphatic heterocycles. The molecule has 0 unspecified atom stereocenters. The van der Waals surface area contributed by atoms with Crippen LogP contribution in [0, 0.1) is 36.0 Å². The lowest BCUT2D eigenvalue weighted by atomic mass is 10.2. The van der Waals surface area contributed by atoms with Crippen molar-refractivity contribution < 1.29 is 22.0 Å². The number of rotatable bonds is 0. The van der Waals surface area contributed by atoms with Crippen LogP contribution >= 0.6 is 0 Å². The van der Waals surface area contributed by atoms with Crippen LogP contribution in [0.25, 0.3) is 0 Å². The molecule has 2 aromatic carbocycles. The van der Waals surface area contributed by atoms with E-state index in [-0.39, 0.29) is 0 Å². The summed E-state index contributed by atoms with van der Waals surface area (Å²) in [5, 5.41) is 0. The summed E-state index contributed by atoms with van der Waals surface area (Å²) in [6.07, 6.45) is 0. The molecule has 2 aromatic rings. The quantitative estimate of drug-likeness (QED) is 0.450. The van der Waals surface area contributed by atoms with Gasteiger partial charge < -0.3 is 0 Å². The molecule has 0 aromatic heterocycles. The molecule has 5 heteroatoms. The Morgan fingerprint density at radius 2 is 0.950 bits per heavy atom. The van der Waals surface area contributed by atoms with Crippen molar-refractivity contribution in [2.45, 2.75) is 20.8 Å². The van der Waals surface area contributed by atoms with Crippen molar-refractivity contribution in [2.75, 3.05) is 0 Å². The third-order valence-electron chi connectivity index (χ3n) is 2.05. The highest BCUT2D eigenvalue weighted by Crippen LogP contribution is 2.09. The van der Waals surface area contributed by atoms with E-state index in [1.54, 1.807) is 0 Å². The minimum absolute atomic E-state index is 0.343. The summed E-state index contributed by atoms with van der Waals surface area (Å²) < 4.78 is 60.5. The summed E-state index contributed by atoms with van der Waals surface area (Å²) in [6.45, 7) is 5.53. The lowest BCUT2D eigenvalue weighted by Crippen LogP contribution is -1.86. The molecule has 0 N–H and O–H groups in total. The van der Waals surface area contributed by atoms with E-state index in [0.29, 0.717) is 5.56 Å². The predicted molar refractivity (Wildman–Crippen MR) is 68.8 cm³/mol. The Morgan fingerprint density at radius 3 is 1.25 bits per heavy atom. The van der Waals surface area contributed by atoms with Gasteiger partial charge in [0.2, 0.25) is 0 Å². The van der Waals surface area contributed by atoms with Crippen LogP contribution in [0.3, 0.4) is 0 Å². The van der Waals surface area contributed by atoms with Gasteiger partial charge in [-0.15, -0.1) is 0 Å². The van der Waals surface area contributed by atoms with Crippen molar-refractivity contribution in [3.05, 3.63) is 71.0 Å². The number of aryl methyl sites for hydroxylation is 1. The van der Waals surface area contributed by atoms with E-state index in [1.165, 1.54) is 19.1 Å². The van der Waals surface area contributed by atoms with E-state index in [1.807, 2.05) is 13.8 Å². The van der Waals surface area contributed by atoms with Crippen molar-refractivity contribution in [3.63, 3.8) is 0 Å². The fraction of sp³-hybridized carbons (Fsp3) is 0.200. The third-order valence-corrected chi connectivity index (χ3v) is 2.05. The minimum Gasteiger partial charge on any atom is -0.204 e. The Bertz CT molecular complexity index is 448. The largest absolute Gasteiger partial charge is 0.204 e. The van der Waals surface area contributed by atoms with Gasteiger partial charge in [0.1, 0.15) is 0 Å². The summed E-state index contributed by atoms with van der Waals surface area (Å²) >= 11 is 0. The summed E-state index contributed by atoms with van der Waals surface area (Å²) in [5.41, 5.74) is 0.343. The van der Waals surface area contributed by atoms with Crippen LogP contribution in [0.15, 0.2) is 36.4 Å². The second kappa shape index (κ2) is 9.07. The molecule has 0 spiro atoms. The monoisotopic (exact) mass is 290 g/mol. The van der Waals surface area contributed by atoms with Crippen molar-refractivity contribution in [1.29, 1.82) is 0 Å². The zero-order chi connectivity index (χ0) is 15.7. The molecule has 0 aliphatic rings. The summed E-state index contributed by atoms with van der Waals surface area (Å²) in [7, 11) is 0. The van der Waals surface area contributed by atoms with Gasteiger partial charge in [-0.25, -0.2) is 22.0 Å². The summed E-state index contributed by atoms with van der Waals surface area (Å²) in [6, 6.07) is 6.93. The Morgan fingerprint density at radius 1 is 0.600 bits per heavy atom. The van der Waals surface area contributed by atoms with Crippen molar-refractivity contribution >= 4 is 0 Å². The fourth-order valence-electron chi connectivity index (χ4n) is 1.09. The highest BCUT2D eigenvalue weighted by Gasteiger charge is 2.04. The molecular formula is C15H15F5. The standard InChI is InChI=1S/C7H6F2.C6H3F3.C2H6/c1-5-3-2-4-6(8)7(5)9;7-4-2-1-3-5(8)6(4)9;1-2/h2-4H,1H3;1-3H;1-2H3. The number of hydrogen-bond donors (Lipinski definition) is 0. The maximum absolute atomic E-state index is 12.4. The van der Waals surface area contributed by atoms with Crippen LogP contribution in [-0.2, 0) is 0 Å². The molecule has 0 saturated carbocycles. The molecule has 0 aliphatic carbocycles. The average Bonchev–Trinajstić information content (AvgIpc) is 2.45. The Balaban J connectivity index is 0.000000321. The molecule has 0 saturated heterocycles. The van der Waals surface area contributed by atoms with E-state index in [0.717, 1.165) is 24.3 Å². The maximum Gasteiger partial charge on any atom is 0.194 e. The smallest absolute Gasteiger partial charge is 0.194 e. The molecule has 0 radical (unpaired) electrons. The van der Waals surface area contributed by atoms with Gasteiger partial charge in [0.05, 0.1) is 0 Å². The van der Waals surface area contributed by atoms with E-state index in [2.05, 4.69) is 0 Å². The van der Waals surface area contributed by atoms with Crippen LogP contribution in [0.2, 0.25) is 0 Å². The predicted octanol–water partition coefficient (Wildman–Crippen LogP) is 5.40.